The summed E-state index contributed by atoms with van der Waals surface area (Å²) >= 11 is 0. The molecule has 0 spiro atoms. The van der Waals surface area contributed by atoms with Crippen LogP contribution in [0.3, 0.4) is 0 Å². The molecule has 4 unspecified atom stereocenters. The number of nitrogens with one attached hydrogen (secondary N) is 2. The standard InChI is InChI=1S/C27H43N3O4/c1-15(2)22(29-26(33)34-27(8,9)10)25(32)30(20-14-19(20)7)23(24(31)28-16(3)4)21-17(5)12-11-13-18(21)6/h11-13,15-16,19-20,22-23H,14H2,1-10H3,(H,28,31)(H,29,33). The monoisotopic (exact) mass is 473 g/mol. The van der Waals surface area contributed by atoms with Gasteiger partial charge in [0.05, 0.1) is 0 Å². The number of amides is 3. The molecular weight excluding hydrogens is 430 g/mol. The summed E-state index contributed by atoms with van der Waals surface area (Å²) in [6.07, 6.45) is 0.179. The highest BCUT2D eigenvalue weighted by atomic mass is 16.6. The van der Waals surface area contributed by atoms with Crippen LogP contribution in [-0.2, 0) is 14.3 Å². The maximum Gasteiger partial charge on any atom is 0.408 e. The van der Waals surface area contributed by atoms with Gasteiger partial charge in [0, 0.05) is 12.1 Å². The lowest BCUT2D eigenvalue weighted by Gasteiger charge is -2.37. The van der Waals surface area contributed by atoms with Gasteiger partial charge in [-0.05, 0) is 83.4 Å². The highest BCUT2D eigenvalue weighted by molar-refractivity contribution is 5.93. The minimum atomic E-state index is -0.818. The van der Waals surface area contributed by atoms with E-state index in [1.807, 2.05) is 59.7 Å². The van der Waals surface area contributed by atoms with Gasteiger partial charge in [-0.1, -0.05) is 39.0 Å². The number of ether oxygens (including phenoxy) is 1. The molecule has 0 bridgehead atoms. The van der Waals surface area contributed by atoms with Crippen molar-refractivity contribution in [3.05, 3.63) is 34.9 Å². The largest absolute Gasteiger partial charge is 0.444 e. The van der Waals surface area contributed by atoms with Gasteiger partial charge in [0.2, 0.25) is 11.8 Å². The molecule has 3 amide bonds. The number of hydrogen-bond donors (Lipinski definition) is 2. The average Bonchev–Trinajstić information content (AvgIpc) is 3.38. The minimum Gasteiger partial charge on any atom is -0.444 e. The van der Waals surface area contributed by atoms with Crippen LogP contribution in [0.4, 0.5) is 4.79 Å². The molecule has 1 aliphatic carbocycles. The molecule has 7 nitrogen and oxygen atoms in total. The van der Waals surface area contributed by atoms with Gasteiger partial charge in [-0.25, -0.2) is 4.79 Å². The summed E-state index contributed by atoms with van der Waals surface area (Å²) in [6, 6.07) is 4.14. The topological polar surface area (TPSA) is 87.7 Å². The number of nitrogens with zero attached hydrogens (tertiary/aromatic N) is 1. The first-order valence-electron chi connectivity index (χ1n) is 12.3. The Hall–Kier alpha value is -2.57. The van der Waals surface area contributed by atoms with Crippen molar-refractivity contribution in [2.75, 3.05) is 0 Å². The van der Waals surface area contributed by atoms with Crippen molar-refractivity contribution in [2.45, 2.75) is 105 Å². The van der Waals surface area contributed by atoms with E-state index in [2.05, 4.69) is 17.6 Å². The summed E-state index contributed by atoms with van der Waals surface area (Å²) in [5.74, 6) is -0.387. The minimum absolute atomic E-state index is 0.0731. The van der Waals surface area contributed by atoms with Crippen LogP contribution in [0.25, 0.3) is 0 Å². The zero-order chi connectivity index (χ0) is 26.0. The molecule has 1 aromatic carbocycles. The van der Waals surface area contributed by atoms with E-state index in [1.54, 1.807) is 25.7 Å². The lowest BCUT2D eigenvalue weighted by atomic mass is 9.92. The fourth-order valence-corrected chi connectivity index (χ4v) is 4.30. The molecule has 0 heterocycles. The van der Waals surface area contributed by atoms with Gasteiger partial charge in [0.1, 0.15) is 17.7 Å². The molecule has 2 N–H and O–H groups in total. The molecule has 1 aromatic rings. The van der Waals surface area contributed by atoms with Gasteiger partial charge in [-0.15, -0.1) is 0 Å². The van der Waals surface area contributed by atoms with Gasteiger partial charge in [-0.3, -0.25) is 9.59 Å². The number of aryl methyl sites for hydroxylation is 2. The summed E-state index contributed by atoms with van der Waals surface area (Å²) in [5, 5.41) is 5.81. The normalized spacial score (nSPS) is 19.4. The van der Waals surface area contributed by atoms with Crippen molar-refractivity contribution in [1.82, 2.24) is 15.5 Å². The second-order valence-electron chi connectivity index (χ2n) is 11.3. The number of hydrogen-bond acceptors (Lipinski definition) is 4. The zero-order valence-corrected chi connectivity index (χ0v) is 22.5. The van der Waals surface area contributed by atoms with Gasteiger partial charge in [0.25, 0.3) is 0 Å². The van der Waals surface area contributed by atoms with Crippen molar-refractivity contribution in [3.8, 4) is 0 Å². The molecular formula is C27H43N3O4. The Bertz CT molecular complexity index is 883. The van der Waals surface area contributed by atoms with Gasteiger partial charge >= 0.3 is 6.09 Å². The third-order valence-corrected chi connectivity index (χ3v) is 6.06. The van der Waals surface area contributed by atoms with Gasteiger partial charge in [-0.2, -0.15) is 0 Å². The molecule has 7 heteroatoms. The van der Waals surface area contributed by atoms with E-state index >= 15 is 0 Å². The molecule has 0 radical (unpaired) electrons. The molecule has 4 atom stereocenters. The Morgan fingerprint density at radius 2 is 1.56 bits per heavy atom. The van der Waals surface area contributed by atoms with Crippen molar-refractivity contribution < 1.29 is 19.1 Å². The van der Waals surface area contributed by atoms with Gasteiger partial charge in [0.15, 0.2) is 0 Å². The van der Waals surface area contributed by atoms with Crippen LogP contribution in [0.5, 0.6) is 0 Å². The Morgan fingerprint density at radius 1 is 1.03 bits per heavy atom. The van der Waals surface area contributed by atoms with E-state index in [0.29, 0.717) is 0 Å². The van der Waals surface area contributed by atoms with Crippen molar-refractivity contribution in [2.24, 2.45) is 11.8 Å². The Morgan fingerprint density at radius 3 is 1.97 bits per heavy atom. The highest BCUT2D eigenvalue weighted by Gasteiger charge is 2.49. The third-order valence-electron chi connectivity index (χ3n) is 6.06. The fourth-order valence-electron chi connectivity index (χ4n) is 4.30. The molecule has 0 saturated heterocycles. The van der Waals surface area contributed by atoms with Crippen LogP contribution in [-0.4, -0.2) is 46.5 Å². The SMILES string of the molecule is Cc1cccc(C)c1C(C(=O)NC(C)C)N(C(=O)C(NC(=O)OC(C)(C)C)C(C)C)C1CC1C. The lowest BCUT2D eigenvalue weighted by Crippen LogP contribution is -2.56. The van der Waals surface area contributed by atoms with E-state index in [4.69, 9.17) is 4.74 Å². The second-order valence-corrected chi connectivity index (χ2v) is 11.3. The van der Waals surface area contributed by atoms with E-state index in [9.17, 15) is 14.4 Å². The number of benzene rings is 1. The molecule has 0 aromatic heterocycles. The number of rotatable bonds is 8. The Kier molecular flexibility index (Phi) is 8.78. The molecule has 2 rings (SSSR count). The lowest BCUT2D eigenvalue weighted by molar-refractivity contribution is -0.144. The van der Waals surface area contributed by atoms with Crippen molar-refractivity contribution in [1.29, 1.82) is 0 Å². The second kappa shape index (κ2) is 10.8. The predicted octanol–water partition coefficient (Wildman–Crippen LogP) is 4.66. The first-order chi connectivity index (χ1) is 15.6. The predicted molar refractivity (Wildman–Crippen MR) is 134 cm³/mol. The summed E-state index contributed by atoms with van der Waals surface area (Å²) < 4.78 is 5.43. The van der Waals surface area contributed by atoms with E-state index < -0.39 is 23.8 Å². The molecule has 1 aliphatic rings. The maximum atomic E-state index is 14.1. The average molecular weight is 474 g/mol. The summed E-state index contributed by atoms with van der Waals surface area (Å²) in [7, 11) is 0. The van der Waals surface area contributed by atoms with Crippen LogP contribution in [0.1, 0.15) is 84.5 Å². The third kappa shape index (κ3) is 6.97. The smallest absolute Gasteiger partial charge is 0.408 e. The molecule has 34 heavy (non-hydrogen) atoms. The maximum absolute atomic E-state index is 14.1. The molecule has 1 saturated carbocycles. The van der Waals surface area contributed by atoms with Crippen LogP contribution in [0.2, 0.25) is 0 Å². The Labute approximate surface area is 205 Å². The van der Waals surface area contributed by atoms with Gasteiger partial charge < -0.3 is 20.3 Å². The van der Waals surface area contributed by atoms with Crippen molar-refractivity contribution in [3.63, 3.8) is 0 Å². The fraction of sp³-hybridized carbons (Fsp3) is 0.667. The first-order valence-corrected chi connectivity index (χ1v) is 12.3. The van der Waals surface area contributed by atoms with Crippen LogP contribution >= 0.6 is 0 Å². The van der Waals surface area contributed by atoms with E-state index in [1.165, 1.54) is 0 Å². The van der Waals surface area contributed by atoms with Crippen LogP contribution < -0.4 is 10.6 Å². The highest BCUT2D eigenvalue weighted by Crippen LogP contribution is 2.42. The van der Waals surface area contributed by atoms with E-state index in [0.717, 1.165) is 23.1 Å². The number of alkyl carbamates (subject to hydrolysis) is 1. The first kappa shape index (κ1) is 27.7. The molecule has 190 valence electrons. The zero-order valence-electron chi connectivity index (χ0n) is 22.5. The van der Waals surface area contributed by atoms with Crippen LogP contribution in [0, 0.1) is 25.7 Å². The summed E-state index contributed by atoms with van der Waals surface area (Å²) in [4.78, 5) is 42.1. The van der Waals surface area contributed by atoms with Crippen LogP contribution in [0.15, 0.2) is 18.2 Å². The number of carbonyl (C=O) groups is 3. The van der Waals surface area contributed by atoms with Crippen molar-refractivity contribution >= 4 is 17.9 Å². The summed E-state index contributed by atoms with van der Waals surface area (Å²) in [6.45, 7) is 19.0. The Balaban J connectivity index is 2.55. The number of carbonyl (C=O) groups excluding carboxylic acids is 3. The quantitative estimate of drug-likeness (QED) is 0.575. The summed E-state index contributed by atoms with van der Waals surface area (Å²) in [5.41, 5.74) is 2.07. The molecule has 0 aliphatic heterocycles. The van der Waals surface area contributed by atoms with E-state index in [-0.39, 0.29) is 35.7 Å². The molecule has 1 fully saturated rings.